The van der Waals surface area contributed by atoms with Crippen LogP contribution in [0.4, 0.5) is 5.82 Å². The Balaban J connectivity index is 2.31. The minimum absolute atomic E-state index is 0.238. The number of thiophene rings is 1. The number of rotatable bonds is 5. The average molecular weight is 291 g/mol. The van der Waals surface area contributed by atoms with Gasteiger partial charge in [0, 0.05) is 10.6 Å². The highest BCUT2D eigenvalue weighted by Crippen LogP contribution is 2.27. The number of aromatic nitrogens is 1. The summed E-state index contributed by atoms with van der Waals surface area (Å²) < 4.78 is 0. The van der Waals surface area contributed by atoms with Crippen molar-refractivity contribution in [2.45, 2.75) is 26.3 Å². The molecule has 2 rings (SSSR count). The van der Waals surface area contributed by atoms with Gasteiger partial charge in [0.2, 0.25) is 0 Å². The molecule has 0 aliphatic rings. The summed E-state index contributed by atoms with van der Waals surface area (Å²) in [6.07, 6.45) is 0.979. The zero-order valence-electron chi connectivity index (χ0n) is 11.0. The summed E-state index contributed by atoms with van der Waals surface area (Å²) in [5.41, 5.74) is 7.50. The van der Waals surface area contributed by atoms with Crippen LogP contribution in [-0.4, -0.2) is 9.97 Å². The molecule has 5 heteroatoms. The molecule has 3 N–H and O–H groups in total. The van der Waals surface area contributed by atoms with Gasteiger partial charge in [-0.25, -0.2) is 4.98 Å². The fraction of sp³-hybridized carbons (Fsp3) is 0.286. The van der Waals surface area contributed by atoms with Crippen LogP contribution in [0.3, 0.4) is 0 Å². The van der Waals surface area contributed by atoms with E-state index in [4.69, 9.17) is 18.0 Å². The van der Waals surface area contributed by atoms with Crippen LogP contribution in [0, 0.1) is 6.92 Å². The fourth-order valence-electron chi connectivity index (χ4n) is 1.89. The van der Waals surface area contributed by atoms with Crippen molar-refractivity contribution in [3.05, 3.63) is 45.8 Å². The molecule has 100 valence electrons. The fourth-order valence-corrected chi connectivity index (χ4v) is 2.92. The lowest BCUT2D eigenvalue weighted by Gasteiger charge is -2.18. The maximum absolute atomic E-state index is 5.75. The van der Waals surface area contributed by atoms with E-state index in [-0.39, 0.29) is 6.04 Å². The van der Waals surface area contributed by atoms with Gasteiger partial charge in [-0.3, -0.25) is 0 Å². The first-order valence-corrected chi connectivity index (χ1v) is 7.48. The molecule has 0 saturated heterocycles. The minimum atomic E-state index is 0.238. The van der Waals surface area contributed by atoms with E-state index in [1.54, 1.807) is 11.3 Å². The summed E-state index contributed by atoms with van der Waals surface area (Å²) in [5, 5.41) is 5.53. The zero-order valence-corrected chi connectivity index (χ0v) is 12.6. The third-order valence-electron chi connectivity index (χ3n) is 2.91. The molecular weight excluding hydrogens is 274 g/mol. The molecule has 0 radical (unpaired) electrons. The number of hydrogen-bond donors (Lipinski definition) is 2. The van der Waals surface area contributed by atoms with Gasteiger partial charge in [-0.05, 0) is 36.9 Å². The molecule has 0 amide bonds. The van der Waals surface area contributed by atoms with Crippen molar-refractivity contribution in [3.63, 3.8) is 0 Å². The van der Waals surface area contributed by atoms with Gasteiger partial charge in [0.05, 0.1) is 11.6 Å². The Hall–Kier alpha value is -1.46. The van der Waals surface area contributed by atoms with Gasteiger partial charge < -0.3 is 11.1 Å². The van der Waals surface area contributed by atoms with Crippen LogP contribution in [0.25, 0.3) is 0 Å². The number of thiocarbonyl (C=S) groups is 1. The molecule has 0 aromatic carbocycles. The lowest BCUT2D eigenvalue weighted by molar-refractivity contribution is 0.758. The first-order chi connectivity index (χ1) is 9.11. The standard InChI is InChI=1S/C14H17N3S2/c1-3-11(12-5-4-8-19-12)17-14-10(13(15)18)7-6-9(2)16-14/h4-8,11H,3H2,1-2H3,(H2,15,18)(H,16,17). The van der Waals surface area contributed by atoms with E-state index in [0.29, 0.717) is 4.99 Å². The van der Waals surface area contributed by atoms with Crippen molar-refractivity contribution < 1.29 is 0 Å². The molecule has 0 aliphatic carbocycles. The highest BCUT2D eigenvalue weighted by Gasteiger charge is 2.14. The van der Waals surface area contributed by atoms with E-state index in [2.05, 4.69) is 34.7 Å². The Labute approximate surface area is 122 Å². The highest BCUT2D eigenvalue weighted by atomic mass is 32.1. The average Bonchev–Trinajstić information content (AvgIpc) is 2.89. The first-order valence-electron chi connectivity index (χ1n) is 6.19. The van der Waals surface area contributed by atoms with Crippen molar-refractivity contribution in [1.82, 2.24) is 4.98 Å². The van der Waals surface area contributed by atoms with E-state index < -0.39 is 0 Å². The van der Waals surface area contributed by atoms with Crippen molar-refractivity contribution in [2.75, 3.05) is 5.32 Å². The number of pyridine rings is 1. The quantitative estimate of drug-likeness (QED) is 0.826. The van der Waals surface area contributed by atoms with Gasteiger partial charge in [0.1, 0.15) is 10.8 Å². The number of nitrogens with one attached hydrogen (secondary N) is 1. The Morgan fingerprint density at radius 2 is 2.26 bits per heavy atom. The Morgan fingerprint density at radius 1 is 1.47 bits per heavy atom. The van der Waals surface area contributed by atoms with E-state index in [0.717, 1.165) is 23.5 Å². The molecule has 2 aromatic rings. The second kappa shape index (κ2) is 6.12. The highest BCUT2D eigenvalue weighted by molar-refractivity contribution is 7.80. The Kier molecular flexibility index (Phi) is 4.50. The Bertz CT molecular complexity index is 564. The van der Waals surface area contributed by atoms with Gasteiger partial charge in [-0.2, -0.15) is 0 Å². The molecule has 1 unspecified atom stereocenters. The van der Waals surface area contributed by atoms with Gasteiger partial charge in [-0.1, -0.05) is 25.2 Å². The number of nitrogens with zero attached hydrogens (tertiary/aromatic N) is 1. The minimum Gasteiger partial charge on any atom is -0.389 e. The van der Waals surface area contributed by atoms with Crippen molar-refractivity contribution in [2.24, 2.45) is 5.73 Å². The molecule has 0 saturated carbocycles. The smallest absolute Gasteiger partial charge is 0.137 e. The number of aryl methyl sites for hydroxylation is 1. The maximum Gasteiger partial charge on any atom is 0.137 e. The topological polar surface area (TPSA) is 50.9 Å². The summed E-state index contributed by atoms with van der Waals surface area (Å²) in [4.78, 5) is 6.18. The van der Waals surface area contributed by atoms with Gasteiger partial charge >= 0.3 is 0 Å². The van der Waals surface area contributed by atoms with Gasteiger partial charge in [-0.15, -0.1) is 11.3 Å². The van der Waals surface area contributed by atoms with Crippen LogP contribution in [0.2, 0.25) is 0 Å². The van der Waals surface area contributed by atoms with Crippen LogP contribution >= 0.6 is 23.6 Å². The van der Waals surface area contributed by atoms with Crippen molar-refractivity contribution in [3.8, 4) is 0 Å². The summed E-state index contributed by atoms with van der Waals surface area (Å²) in [7, 11) is 0. The summed E-state index contributed by atoms with van der Waals surface area (Å²) in [6.45, 7) is 4.11. The molecule has 0 bridgehead atoms. The summed E-state index contributed by atoms with van der Waals surface area (Å²) in [5.74, 6) is 0.771. The third-order valence-corrected chi connectivity index (χ3v) is 4.11. The molecule has 2 aromatic heterocycles. The molecule has 1 atom stereocenters. The molecule has 0 fully saturated rings. The predicted molar refractivity (Wildman–Crippen MR) is 85.8 cm³/mol. The largest absolute Gasteiger partial charge is 0.389 e. The van der Waals surface area contributed by atoms with Crippen LogP contribution in [-0.2, 0) is 0 Å². The van der Waals surface area contributed by atoms with E-state index >= 15 is 0 Å². The molecule has 0 spiro atoms. The van der Waals surface area contributed by atoms with Gasteiger partial charge in [0.25, 0.3) is 0 Å². The molecule has 0 aliphatic heterocycles. The third kappa shape index (κ3) is 3.30. The molecule has 2 heterocycles. The molecular formula is C14H17N3S2. The maximum atomic E-state index is 5.75. The Morgan fingerprint density at radius 3 is 2.84 bits per heavy atom. The van der Waals surface area contributed by atoms with Gasteiger partial charge in [0.15, 0.2) is 0 Å². The van der Waals surface area contributed by atoms with Crippen LogP contribution < -0.4 is 11.1 Å². The molecule has 3 nitrogen and oxygen atoms in total. The first kappa shape index (κ1) is 14.0. The number of anilines is 1. The predicted octanol–water partition coefficient (Wildman–Crippen LogP) is 3.65. The van der Waals surface area contributed by atoms with Crippen molar-refractivity contribution in [1.29, 1.82) is 0 Å². The van der Waals surface area contributed by atoms with Crippen LogP contribution in [0.15, 0.2) is 29.6 Å². The SMILES string of the molecule is CCC(Nc1nc(C)ccc1C(N)=S)c1cccs1. The number of hydrogen-bond acceptors (Lipinski definition) is 4. The van der Waals surface area contributed by atoms with E-state index in [9.17, 15) is 0 Å². The number of nitrogens with two attached hydrogens (primary N) is 1. The second-order valence-electron chi connectivity index (χ2n) is 4.33. The van der Waals surface area contributed by atoms with Crippen LogP contribution in [0.5, 0.6) is 0 Å². The van der Waals surface area contributed by atoms with E-state index in [1.165, 1.54) is 4.88 Å². The van der Waals surface area contributed by atoms with Crippen LogP contribution in [0.1, 0.15) is 35.5 Å². The monoisotopic (exact) mass is 291 g/mol. The lowest BCUT2D eigenvalue weighted by atomic mass is 10.1. The lowest BCUT2D eigenvalue weighted by Crippen LogP contribution is -2.17. The molecule has 19 heavy (non-hydrogen) atoms. The van der Waals surface area contributed by atoms with Crippen molar-refractivity contribution >= 4 is 34.4 Å². The zero-order chi connectivity index (χ0) is 13.8. The van der Waals surface area contributed by atoms with E-state index in [1.807, 2.05) is 19.1 Å². The second-order valence-corrected chi connectivity index (χ2v) is 5.75. The normalized spacial score (nSPS) is 12.1. The summed E-state index contributed by atoms with van der Waals surface area (Å²) in [6, 6.07) is 8.27. The summed E-state index contributed by atoms with van der Waals surface area (Å²) >= 11 is 6.82.